The molecule has 0 atom stereocenters. The predicted octanol–water partition coefficient (Wildman–Crippen LogP) is 0.515. The van der Waals surface area contributed by atoms with Crippen LogP contribution in [0.2, 0.25) is 0 Å². The molecule has 2 nitrogen and oxygen atoms in total. The van der Waals surface area contributed by atoms with Gasteiger partial charge in [-0.2, -0.15) is 0 Å². The van der Waals surface area contributed by atoms with Crippen LogP contribution >= 0.6 is 0 Å². The molecule has 3 heteroatoms. The van der Waals surface area contributed by atoms with Gasteiger partial charge in [-0.25, -0.2) is 0 Å². The molecule has 0 saturated carbocycles. The normalized spacial score (nSPS) is 15.6. The molecule has 1 aliphatic rings. The zero-order chi connectivity index (χ0) is 6.10. The maximum absolute atomic E-state index is 5.32. The van der Waals surface area contributed by atoms with Crippen molar-refractivity contribution in [3.8, 4) is 10.4 Å². The fourth-order valence-corrected chi connectivity index (χ4v) is 2.27. The first-order valence-corrected chi connectivity index (χ1v) is 4.64. The van der Waals surface area contributed by atoms with Gasteiger partial charge in [0.2, 0.25) is 0 Å². The Bertz CT molecular complexity index is 186. The maximum atomic E-state index is 5.32. The molecular weight excluding hydrogens is 183 g/mol. The van der Waals surface area contributed by atoms with Gasteiger partial charge in [-0.15, -0.1) is 0 Å². The van der Waals surface area contributed by atoms with E-state index in [9.17, 15) is 0 Å². The zero-order valence-electron chi connectivity index (χ0n) is 4.79. The molecule has 9 heavy (non-hydrogen) atoms. The van der Waals surface area contributed by atoms with E-state index >= 15 is 0 Å². The van der Waals surface area contributed by atoms with Crippen molar-refractivity contribution in [3.05, 3.63) is 11.0 Å². The predicted molar refractivity (Wildman–Crippen MR) is 34.4 cm³/mol. The molecule has 1 aliphatic heterocycles. The van der Waals surface area contributed by atoms with E-state index < -0.39 is 0 Å². The third kappa shape index (κ3) is 0.865. The van der Waals surface area contributed by atoms with Gasteiger partial charge in [0.15, 0.2) is 0 Å². The fourth-order valence-electron chi connectivity index (χ4n) is 0.782. The fraction of sp³-hybridized carbons (Fsp3) is 0.333. The van der Waals surface area contributed by atoms with Crippen molar-refractivity contribution < 1.29 is 9.47 Å². The van der Waals surface area contributed by atoms with E-state index in [1.54, 1.807) is 0 Å². The van der Waals surface area contributed by atoms with Gasteiger partial charge >= 0.3 is 58.6 Å². The summed E-state index contributed by atoms with van der Waals surface area (Å²) in [5.41, 5.74) is 0. The summed E-state index contributed by atoms with van der Waals surface area (Å²) in [5, 5.41) is 0. The van der Waals surface area contributed by atoms with Crippen LogP contribution in [0.1, 0.15) is 0 Å². The van der Waals surface area contributed by atoms with E-state index in [1.807, 2.05) is 6.07 Å². The minimum absolute atomic E-state index is 0.412. The summed E-state index contributed by atoms with van der Waals surface area (Å²) in [5.74, 6) is 0.959. The summed E-state index contributed by atoms with van der Waals surface area (Å²) >= 11 is 0.412. The monoisotopic (exact) mass is 190 g/mol. The summed E-state index contributed by atoms with van der Waals surface area (Å²) in [6.07, 6.45) is 0. The third-order valence-electron chi connectivity index (χ3n) is 1.17. The van der Waals surface area contributed by atoms with Gasteiger partial charge in [0.25, 0.3) is 0 Å². The second-order valence-electron chi connectivity index (χ2n) is 1.77. The van der Waals surface area contributed by atoms with Crippen molar-refractivity contribution in [3.63, 3.8) is 0 Å². The first-order chi connectivity index (χ1) is 4.47. The van der Waals surface area contributed by atoms with Crippen LogP contribution in [0.3, 0.4) is 0 Å². The van der Waals surface area contributed by atoms with E-state index in [2.05, 4.69) is 4.94 Å². The third-order valence-corrected chi connectivity index (χ3v) is 2.86. The van der Waals surface area contributed by atoms with Crippen molar-refractivity contribution in [2.45, 2.75) is 0 Å². The Morgan fingerprint density at radius 1 is 1.33 bits per heavy atom. The standard InChI is InChI=1S/C6H6O2Se/c1-4-9-6-5(1)7-2-3-8-6/h1,4H,2-3H2. The summed E-state index contributed by atoms with van der Waals surface area (Å²) in [4.78, 5) is 2.11. The molecule has 0 fully saturated rings. The Hall–Kier alpha value is -0.401. The summed E-state index contributed by atoms with van der Waals surface area (Å²) < 4.78 is 11.7. The summed E-state index contributed by atoms with van der Waals surface area (Å²) in [7, 11) is 0. The second-order valence-corrected chi connectivity index (χ2v) is 3.61. The molecule has 0 spiro atoms. The Balaban J connectivity index is 2.39. The van der Waals surface area contributed by atoms with Crippen LogP contribution in [0.4, 0.5) is 0 Å². The number of ether oxygens (including phenoxy) is 2. The Labute approximate surface area is 59.1 Å². The molecule has 1 aromatic rings. The molecule has 0 N–H and O–H groups in total. The van der Waals surface area contributed by atoms with E-state index in [0.29, 0.717) is 21.1 Å². The first-order valence-electron chi connectivity index (χ1n) is 2.80. The molecule has 0 amide bonds. The van der Waals surface area contributed by atoms with Crippen LogP contribution in [0.15, 0.2) is 11.0 Å². The SMILES string of the molecule is c1cc2c([se]1)OCCO2. The van der Waals surface area contributed by atoms with Crippen molar-refractivity contribution in [1.29, 1.82) is 0 Å². The number of rotatable bonds is 0. The molecule has 48 valence electrons. The Kier molecular flexibility index (Phi) is 1.25. The molecule has 0 unspecified atom stereocenters. The molecule has 0 bridgehead atoms. The van der Waals surface area contributed by atoms with Gasteiger partial charge in [0, 0.05) is 0 Å². The molecule has 0 aliphatic carbocycles. The van der Waals surface area contributed by atoms with Gasteiger partial charge in [-0.05, 0) is 0 Å². The van der Waals surface area contributed by atoms with Gasteiger partial charge in [0.05, 0.1) is 0 Å². The number of hydrogen-bond acceptors (Lipinski definition) is 2. The van der Waals surface area contributed by atoms with E-state index in [0.717, 1.165) is 17.0 Å². The van der Waals surface area contributed by atoms with E-state index in [1.165, 1.54) is 0 Å². The average molecular weight is 189 g/mol. The molecule has 0 saturated heterocycles. The van der Waals surface area contributed by atoms with Crippen LogP contribution in [0.5, 0.6) is 10.4 Å². The van der Waals surface area contributed by atoms with E-state index in [4.69, 9.17) is 9.47 Å². The first kappa shape index (κ1) is 5.39. The van der Waals surface area contributed by atoms with Gasteiger partial charge in [0.1, 0.15) is 0 Å². The van der Waals surface area contributed by atoms with Gasteiger partial charge < -0.3 is 0 Å². The minimum atomic E-state index is 0.412. The van der Waals surface area contributed by atoms with Crippen molar-refractivity contribution in [2.75, 3.05) is 13.2 Å². The van der Waals surface area contributed by atoms with Crippen molar-refractivity contribution in [2.24, 2.45) is 0 Å². The Morgan fingerprint density at radius 2 is 2.22 bits per heavy atom. The molecule has 2 rings (SSSR count). The molecule has 1 aromatic heterocycles. The van der Waals surface area contributed by atoms with Gasteiger partial charge in [-0.3, -0.25) is 0 Å². The zero-order valence-corrected chi connectivity index (χ0v) is 6.51. The Morgan fingerprint density at radius 3 is 3.11 bits per heavy atom. The quantitative estimate of drug-likeness (QED) is 0.554. The van der Waals surface area contributed by atoms with Gasteiger partial charge in [-0.1, -0.05) is 0 Å². The van der Waals surface area contributed by atoms with Crippen molar-refractivity contribution in [1.82, 2.24) is 0 Å². The molecule has 0 radical (unpaired) electrons. The molecule has 0 aromatic carbocycles. The molecule has 2 heterocycles. The summed E-state index contributed by atoms with van der Waals surface area (Å²) in [6.45, 7) is 1.43. The molecular formula is C6H6O2Se. The number of hydrogen-bond donors (Lipinski definition) is 0. The van der Waals surface area contributed by atoms with Crippen LogP contribution in [0.25, 0.3) is 0 Å². The van der Waals surface area contributed by atoms with E-state index in [-0.39, 0.29) is 0 Å². The number of fused-ring (bicyclic) bond motifs is 1. The van der Waals surface area contributed by atoms with Crippen LogP contribution < -0.4 is 9.47 Å². The summed E-state index contributed by atoms with van der Waals surface area (Å²) in [6, 6.07) is 1.99. The van der Waals surface area contributed by atoms with Crippen LogP contribution in [-0.2, 0) is 0 Å². The topological polar surface area (TPSA) is 18.5 Å². The van der Waals surface area contributed by atoms with Crippen LogP contribution in [0, 0.1) is 0 Å². The van der Waals surface area contributed by atoms with Crippen LogP contribution in [-0.4, -0.2) is 27.7 Å². The average Bonchev–Trinajstić information content (AvgIpc) is 2.33. The second kappa shape index (κ2) is 2.08. The van der Waals surface area contributed by atoms with Crippen molar-refractivity contribution >= 4 is 14.5 Å².